The third-order valence-corrected chi connectivity index (χ3v) is 6.87. The molecule has 0 radical (unpaired) electrons. The first-order valence-corrected chi connectivity index (χ1v) is 12.0. The van der Waals surface area contributed by atoms with E-state index in [1.807, 2.05) is 48.2 Å². The summed E-state index contributed by atoms with van der Waals surface area (Å²) in [6.07, 6.45) is -0.497. The second-order valence-corrected chi connectivity index (χ2v) is 9.37. The number of aliphatic hydroxyl groups excluding tert-OH is 1. The van der Waals surface area contributed by atoms with Crippen molar-refractivity contribution in [3.8, 4) is 11.3 Å². The number of nitrogens with zero attached hydrogens (tertiary/aromatic N) is 5. The number of aliphatic hydroxyl groups is 1. The minimum atomic E-state index is -0.497. The van der Waals surface area contributed by atoms with Crippen molar-refractivity contribution in [2.45, 2.75) is 19.1 Å². The number of carbonyl (C=O) groups excluding carboxylic acids is 1. The Hall–Kier alpha value is -3.00. The van der Waals surface area contributed by atoms with Crippen LogP contribution < -0.4 is 4.90 Å². The van der Waals surface area contributed by atoms with Crippen molar-refractivity contribution < 1.29 is 9.90 Å². The van der Waals surface area contributed by atoms with Gasteiger partial charge in [0.15, 0.2) is 0 Å². The van der Waals surface area contributed by atoms with Gasteiger partial charge in [0.1, 0.15) is 0 Å². The molecule has 5 rings (SSSR count). The van der Waals surface area contributed by atoms with E-state index >= 15 is 0 Å². The molecule has 0 bridgehead atoms. The van der Waals surface area contributed by atoms with Crippen molar-refractivity contribution in [3.05, 3.63) is 76.9 Å². The molecule has 1 amide bonds. The lowest BCUT2D eigenvalue weighted by atomic mass is 10.1. The Balaban J connectivity index is 1.24. The number of benzene rings is 2. The molecule has 2 aromatic carbocycles. The van der Waals surface area contributed by atoms with Crippen LogP contribution in [0.3, 0.4) is 0 Å². The maximum absolute atomic E-state index is 12.8. The zero-order valence-electron chi connectivity index (χ0n) is 19.1. The first-order valence-electron chi connectivity index (χ1n) is 11.6. The summed E-state index contributed by atoms with van der Waals surface area (Å²) in [5.41, 5.74) is 3.48. The normalized spacial score (nSPS) is 21.1. The van der Waals surface area contributed by atoms with Gasteiger partial charge in [0, 0.05) is 61.1 Å². The van der Waals surface area contributed by atoms with Gasteiger partial charge in [-0.05, 0) is 37.3 Å². The molecule has 0 spiro atoms. The van der Waals surface area contributed by atoms with Gasteiger partial charge in [0.05, 0.1) is 17.8 Å². The molecule has 0 saturated carbocycles. The summed E-state index contributed by atoms with van der Waals surface area (Å²) < 4.78 is 0. The van der Waals surface area contributed by atoms with Crippen molar-refractivity contribution in [1.82, 2.24) is 19.8 Å². The van der Waals surface area contributed by atoms with E-state index in [4.69, 9.17) is 16.6 Å². The summed E-state index contributed by atoms with van der Waals surface area (Å²) in [5, 5.41) is 11.5. The summed E-state index contributed by atoms with van der Waals surface area (Å²) >= 11 is 5.94. The molecule has 176 valence electrons. The largest absolute Gasteiger partial charge is 0.390 e. The number of hydrogen-bond donors (Lipinski definition) is 1. The van der Waals surface area contributed by atoms with Crippen LogP contribution in [0.1, 0.15) is 16.1 Å². The van der Waals surface area contributed by atoms with Crippen LogP contribution in [-0.2, 0) is 0 Å². The molecule has 1 N–H and O–H groups in total. The summed E-state index contributed by atoms with van der Waals surface area (Å²) in [5.74, 6) is 0.670. The van der Waals surface area contributed by atoms with Crippen LogP contribution in [0, 0.1) is 6.92 Å². The Morgan fingerprint density at radius 1 is 0.971 bits per heavy atom. The van der Waals surface area contributed by atoms with Gasteiger partial charge in [-0.15, -0.1) is 0 Å². The van der Waals surface area contributed by atoms with Crippen LogP contribution >= 0.6 is 11.6 Å². The Kier molecular flexibility index (Phi) is 6.50. The zero-order chi connectivity index (χ0) is 23.7. The number of rotatable bonds is 4. The molecule has 2 unspecified atom stereocenters. The molecule has 34 heavy (non-hydrogen) atoms. The number of carbonyl (C=O) groups is 1. The lowest BCUT2D eigenvalue weighted by molar-refractivity contribution is 0.0376. The van der Waals surface area contributed by atoms with Crippen molar-refractivity contribution in [1.29, 1.82) is 0 Å². The van der Waals surface area contributed by atoms with Crippen molar-refractivity contribution in [2.75, 3.05) is 44.2 Å². The highest BCUT2D eigenvalue weighted by Crippen LogP contribution is 2.25. The highest BCUT2D eigenvalue weighted by atomic mass is 35.5. The molecule has 0 aliphatic carbocycles. The molecular formula is C26H28ClN5O2. The average Bonchev–Trinajstić information content (AvgIpc) is 3.26. The first kappa shape index (κ1) is 22.8. The van der Waals surface area contributed by atoms with E-state index in [0.29, 0.717) is 42.7 Å². The highest BCUT2D eigenvalue weighted by molar-refractivity contribution is 6.30. The SMILES string of the molecule is Cc1cc(-c2ccccc2)nc(N2CC(O)C(N3CCN(C(=O)c4ccc(Cl)cc4)CC3)C2)n1. The Morgan fingerprint density at radius 2 is 1.68 bits per heavy atom. The van der Waals surface area contributed by atoms with Gasteiger partial charge in [0.2, 0.25) is 5.95 Å². The van der Waals surface area contributed by atoms with E-state index in [2.05, 4.69) is 14.8 Å². The van der Waals surface area contributed by atoms with Gasteiger partial charge in [0.25, 0.3) is 5.91 Å². The fourth-order valence-corrected chi connectivity index (χ4v) is 4.90. The fraction of sp³-hybridized carbons (Fsp3) is 0.346. The number of amides is 1. The number of aromatic nitrogens is 2. The van der Waals surface area contributed by atoms with E-state index in [1.165, 1.54) is 0 Å². The van der Waals surface area contributed by atoms with Crippen LogP contribution in [0.15, 0.2) is 60.7 Å². The van der Waals surface area contributed by atoms with Crippen molar-refractivity contribution in [3.63, 3.8) is 0 Å². The highest BCUT2D eigenvalue weighted by Gasteiger charge is 2.38. The van der Waals surface area contributed by atoms with Gasteiger partial charge in [-0.3, -0.25) is 9.69 Å². The number of halogens is 1. The van der Waals surface area contributed by atoms with Crippen LogP contribution in [0.25, 0.3) is 11.3 Å². The second-order valence-electron chi connectivity index (χ2n) is 8.94. The maximum atomic E-state index is 12.8. The molecule has 2 saturated heterocycles. The summed E-state index contributed by atoms with van der Waals surface area (Å²) in [4.78, 5) is 28.5. The van der Waals surface area contributed by atoms with Gasteiger partial charge in [-0.25, -0.2) is 9.97 Å². The van der Waals surface area contributed by atoms with E-state index in [0.717, 1.165) is 30.0 Å². The molecule has 7 nitrogen and oxygen atoms in total. The monoisotopic (exact) mass is 477 g/mol. The van der Waals surface area contributed by atoms with Gasteiger partial charge in [-0.1, -0.05) is 41.9 Å². The van der Waals surface area contributed by atoms with E-state index in [-0.39, 0.29) is 11.9 Å². The van der Waals surface area contributed by atoms with Crippen LogP contribution in [-0.4, -0.2) is 82.2 Å². The zero-order valence-corrected chi connectivity index (χ0v) is 19.9. The van der Waals surface area contributed by atoms with E-state index < -0.39 is 6.10 Å². The number of piperazine rings is 1. The third-order valence-electron chi connectivity index (χ3n) is 6.62. The van der Waals surface area contributed by atoms with Gasteiger partial charge < -0.3 is 14.9 Å². The minimum absolute atomic E-state index is 0.0166. The topological polar surface area (TPSA) is 72.8 Å². The molecule has 2 aliphatic rings. The number of β-amino-alcohol motifs (C(OH)–C–C–N with tert-alkyl or cyclic N) is 1. The molecule has 2 fully saturated rings. The van der Waals surface area contributed by atoms with Crippen molar-refractivity contribution >= 4 is 23.5 Å². The van der Waals surface area contributed by atoms with Gasteiger partial charge >= 0.3 is 0 Å². The van der Waals surface area contributed by atoms with Crippen molar-refractivity contribution in [2.24, 2.45) is 0 Å². The Bertz CT molecular complexity index is 1150. The first-order chi connectivity index (χ1) is 16.5. The van der Waals surface area contributed by atoms with Crippen LogP contribution in [0.5, 0.6) is 0 Å². The van der Waals surface area contributed by atoms with E-state index in [1.54, 1.807) is 24.3 Å². The third kappa shape index (κ3) is 4.78. The maximum Gasteiger partial charge on any atom is 0.253 e. The quantitative estimate of drug-likeness (QED) is 0.622. The molecule has 2 aliphatic heterocycles. The molecular weight excluding hydrogens is 450 g/mol. The molecule has 1 aromatic heterocycles. The second kappa shape index (κ2) is 9.70. The van der Waals surface area contributed by atoms with Crippen LogP contribution in [0.2, 0.25) is 5.02 Å². The average molecular weight is 478 g/mol. The predicted octanol–water partition coefficient (Wildman–Crippen LogP) is 3.11. The van der Waals surface area contributed by atoms with E-state index in [9.17, 15) is 9.90 Å². The number of hydrogen-bond acceptors (Lipinski definition) is 6. The van der Waals surface area contributed by atoms with Crippen LogP contribution in [0.4, 0.5) is 5.95 Å². The standard InChI is InChI=1S/C26H28ClN5O2/c1-18-15-22(19-5-3-2-4-6-19)29-26(28-18)32-16-23(24(33)17-32)30-11-13-31(14-12-30)25(34)20-7-9-21(27)10-8-20/h2-10,15,23-24,33H,11-14,16-17H2,1H3. The predicted molar refractivity (Wildman–Crippen MR) is 133 cm³/mol. The molecule has 2 atom stereocenters. The fourth-order valence-electron chi connectivity index (χ4n) is 4.77. The molecule has 3 aromatic rings. The smallest absolute Gasteiger partial charge is 0.253 e. The lowest BCUT2D eigenvalue weighted by Crippen LogP contribution is -2.54. The van der Waals surface area contributed by atoms with Gasteiger partial charge in [-0.2, -0.15) is 0 Å². The summed E-state index contributed by atoms with van der Waals surface area (Å²) in [7, 11) is 0. The molecule has 8 heteroatoms. The Labute approximate surface area is 204 Å². The number of aryl methyl sites for hydroxylation is 1. The molecule has 3 heterocycles. The number of anilines is 1. The minimum Gasteiger partial charge on any atom is -0.390 e. The lowest BCUT2D eigenvalue weighted by Gasteiger charge is -2.38. The summed E-state index contributed by atoms with van der Waals surface area (Å²) in [6, 6.07) is 19.0. The summed E-state index contributed by atoms with van der Waals surface area (Å²) in [6.45, 7) is 5.82. The Morgan fingerprint density at radius 3 is 2.38 bits per heavy atom.